The zero-order valence-electron chi connectivity index (χ0n) is 19.5. The summed E-state index contributed by atoms with van der Waals surface area (Å²) < 4.78 is 48.9. The molecule has 6 heteroatoms. The smallest absolute Gasteiger partial charge is 0.173 e. The van der Waals surface area contributed by atoms with Gasteiger partial charge in [-0.25, -0.2) is 13.2 Å². The minimum absolute atomic E-state index is 0.0520. The van der Waals surface area contributed by atoms with E-state index in [9.17, 15) is 18.7 Å². The summed E-state index contributed by atoms with van der Waals surface area (Å²) in [6.45, 7) is 3.93. The van der Waals surface area contributed by atoms with Crippen molar-refractivity contribution in [1.82, 2.24) is 0 Å². The van der Waals surface area contributed by atoms with Crippen molar-refractivity contribution in [2.24, 2.45) is 35.0 Å². The summed E-state index contributed by atoms with van der Waals surface area (Å²) in [6.07, 6.45) is 8.66. The Hall–Kier alpha value is -1.98. The molecule has 0 heterocycles. The van der Waals surface area contributed by atoms with E-state index in [0.717, 1.165) is 56.9 Å². The first kappa shape index (κ1) is 24.2. The summed E-state index contributed by atoms with van der Waals surface area (Å²) in [5.41, 5.74) is -1.53. The fourth-order valence-electron chi connectivity index (χ4n) is 7.66. The van der Waals surface area contributed by atoms with Gasteiger partial charge in [0.1, 0.15) is 18.1 Å². The molecule has 1 aromatic carbocycles. The molecule has 3 saturated carbocycles. The minimum Gasteiger partial charge on any atom is -0.516 e. The lowest BCUT2D eigenvalue weighted by molar-refractivity contribution is -0.136. The van der Waals surface area contributed by atoms with E-state index in [1.54, 1.807) is 6.08 Å². The summed E-state index contributed by atoms with van der Waals surface area (Å²) >= 11 is 0. The summed E-state index contributed by atoms with van der Waals surface area (Å²) in [6, 6.07) is 3.06. The molecule has 0 aromatic heterocycles. The number of hydrogen-bond acceptors (Lipinski definition) is 3. The molecule has 33 heavy (non-hydrogen) atoms. The van der Waals surface area contributed by atoms with E-state index < -0.39 is 17.3 Å². The number of fused-ring (bicyclic) bond motifs is 3. The number of hydrogen-bond donors (Lipinski definition) is 1. The molecular weight excluding hydrogens is 429 g/mol. The van der Waals surface area contributed by atoms with Gasteiger partial charge in [0.25, 0.3) is 0 Å². The standard InChI is InChI=1S/C27H35F3O3/c1-3-12-27(30)17(11-14-31)4-6-19-20-7-8-22(26(20,2)13-10-21(19)27)24(32)16-33-25-9-5-18(28)15-23(25)29/h5,9,11,14-15,17,19-22,31H,3-4,6-8,10,12-13,16H2,1-2H3/b14-11+/t17-,19+,20?,21?,22-,26+,27-/m1/s1. The molecule has 3 nitrogen and oxygen atoms in total. The predicted molar refractivity (Wildman–Crippen MR) is 121 cm³/mol. The molecule has 1 aromatic rings. The number of allylic oxidation sites excluding steroid dienone is 1. The number of ketones is 1. The number of carbonyl (C=O) groups is 1. The Labute approximate surface area is 194 Å². The molecule has 3 fully saturated rings. The van der Waals surface area contributed by atoms with Crippen LogP contribution in [0.4, 0.5) is 13.2 Å². The Kier molecular flexibility index (Phi) is 6.84. The third kappa shape index (κ3) is 4.19. The maximum absolute atomic E-state index is 16.5. The summed E-state index contributed by atoms with van der Waals surface area (Å²) in [5.74, 6) is -1.68. The average molecular weight is 465 g/mol. The van der Waals surface area contributed by atoms with Gasteiger partial charge in [-0.2, -0.15) is 0 Å². The van der Waals surface area contributed by atoms with Crippen molar-refractivity contribution in [3.05, 3.63) is 42.2 Å². The molecule has 0 amide bonds. The zero-order chi connectivity index (χ0) is 23.8. The van der Waals surface area contributed by atoms with Crippen molar-refractivity contribution in [3.63, 3.8) is 0 Å². The second kappa shape index (κ2) is 9.34. The highest BCUT2D eigenvalue weighted by Crippen LogP contribution is 2.65. The molecule has 3 aliphatic carbocycles. The van der Waals surface area contributed by atoms with Crippen LogP contribution in [-0.4, -0.2) is 23.2 Å². The van der Waals surface area contributed by atoms with Crippen LogP contribution in [0.3, 0.4) is 0 Å². The normalized spacial score (nSPS) is 38.2. The van der Waals surface area contributed by atoms with Crippen LogP contribution < -0.4 is 4.74 Å². The third-order valence-corrected chi connectivity index (χ3v) is 9.08. The molecule has 3 aliphatic rings. The van der Waals surface area contributed by atoms with Crippen molar-refractivity contribution >= 4 is 5.78 Å². The van der Waals surface area contributed by atoms with Crippen molar-refractivity contribution in [2.75, 3.05) is 6.61 Å². The summed E-state index contributed by atoms with van der Waals surface area (Å²) in [4.78, 5) is 13.2. The van der Waals surface area contributed by atoms with E-state index in [1.807, 2.05) is 6.92 Å². The molecular formula is C27H35F3O3. The van der Waals surface area contributed by atoms with E-state index in [1.165, 1.54) is 6.07 Å². The maximum atomic E-state index is 16.5. The Morgan fingerprint density at radius 2 is 1.97 bits per heavy atom. The van der Waals surface area contributed by atoms with Crippen LogP contribution >= 0.6 is 0 Å². The van der Waals surface area contributed by atoms with Gasteiger partial charge in [-0.1, -0.05) is 20.3 Å². The highest BCUT2D eigenvalue weighted by molar-refractivity contribution is 5.83. The van der Waals surface area contributed by atoms with Crippen LogP contribution in [-0.2, 0) is 4.79 Å². The van der Waals surface area contributed by atoms with Gasteiger partial charge in [0.15, 0.2) is 17.3 Å². The number of Topliss-reactive ketones (excluding diaryl/α,β-unsaturated/α-hetero) is 1. The minimum atomic E-state index is -1.32. The highest BCUT2D eigenvalue weighted by Gasteiger charge is 2.61. The van der Waals surface area contributed by atoms with Crippen molar-refractivity contribution in [3.8, 4) is 5.75 Å². The number of halogens is 3. The van der Waals surface area contributed by atoms with E-state index in [4.69, 9.17) is 4.74 Å². The highest BCUT2D eigenvalue weighted by atomic mass is 19.1. The quantitative estimate of drug-likeness (QED) is 0.444. The van der Waals surface area contributed by atoms with E-state index in [-0.39, 0.29) is 53.1 Å². The van der Waals surface area contributed by atoms with E-state index in [0.29, 0.717) is 12.8 Å². The number of aliphatic hydroxyl groups is 1. The first-order valence-electron chi connectivity index (χ1n) is 12.3. The summed E-state index contributed by atoms with van der Waals surface area (Å²) in [5, 5.41) is 9.33. The lowest BCUT2D eigenvalue weighted by Crippen LogP contribution is -2.55. The Morgan fingerprint density at radius 3 is 2.67 bits per heavy atom. The van der Waals surface area contributed by atoms with Gasteiger partial charge in [0.2, 0.25) is 0 Å². The monoisotopic (exact) mass is 464 g/mol. The van der Waals surface area contributed by atoms with Gasteiger partial charge in [0.05, 0.1) is 6.26 Å². The Bertz CT molecular complexity index is 903. The largest absolute Gasteiger partial charge is 0.516 e. The Morgan fingerprint density at radius 1 is 1.18 bits per heavy atom. The average Bonchev–Trinajstić information content (AvgIpc) is 3.12. The molecule has 7 atom stereocenters. The lowest BCUT2D eigenvalue weighted by atomic mass is 9.49. The first-order chi connectivity index (χ1) is 15.7. The molecule has 2 unspecified atom stereocenters. The van der Waals surface area contributed by atoms with Crippen LogP contribution in [0.15, 0.2) is 30.5 Å². The molecule has 0 aliphatic heterocycles. The van der Waals surface area contributed by atoms with Crippen molar-refractivity contribution in [2.45, 2.75) is 70.9 Å². The predicted octanol–water partition coefficient (Wildman–Crippen LogP) is 6.96. The third-order valence-electron chi connectivity index (χ3n) is 9.08. The first-order valence-corrected chi connectivity index (χ1v) is 12.3. The van der Waals surface area contributed by atoms with Crippen LogP contribution in [0.5, 0.6) is 5.75 Å². The molecule has 4 rings (SSSR count). The molecule has 0 bridgehead atoms. The van der Waals surface area contributed by atoms with Crippen molar-refractivity contribution < 1.29 is 27.8 Å². The van der Waals surface area contributed by atoms with Crippen LogP contribution in [0.1, 0.15) is 65.2 Å². The van der Waals surface area contributed by atoms with Crippen LogP contribution in [0.25, 0.3) is 0 Å². The molecule has 0 spiro atoms. The number of ether oxygens (including phenoxy) is 1. The second-order valence-corrected chi connectivity index (χ2v) is 10.6. The summed E-state index contributed by atoms with van der Waals surface area (Å²) in [7, 11) is 0. The fourth-order valence-corrected chi connectivity index (χ4v) is 7.66. The number of carbonyl (C=O) groups excluding carboxylic acids is 1. The Balaban J connectivity index is 1.49. The topological polar surface area (TPSA) is 46.5 Å². The van der Waals surface area contributed by atoms with Crippen LogP contribution in [0.2, 0.25) is 0 Å². The number of benzene rings is 1. The SMILES string of the molecule is CCC[C@]1(F)C2CC[C@@]3(C)C(CC[C@@H]3C(=O)COc3ccc(F)cc3F)[C@@H]2CC[C@@H]1/C=C/O. The number of alkyl halides is 1. The van der Waals surface area contributed by atoms with E-state index in [2.05, 4.69) is 6.92 Å². The van der Waals surface area contributed by atoms with Gasteiger partial charge >= 0.3 is 0 Å². The lowest BCUT2D eigenvalue weighted by Gasteiger charge is -2.56. The van der Waals surface area contributed by atoms with Gasteiger partial charge in [-0.15, -0.1) is 0 Å². The zero-order valence-corrected chi connectivity index (χ0v) is 19.5. The van der Waals surface area contributed by atoms with Gasteiger partial charge in [-0.3, -0.25) is 4.79 Å². The van der Waals surface area contributed by atoms with Gasteiger partial charge in [0, 0.05) is 17.9 Å². The van der Waals surface area contributed by atoms with E-state index >= 15 is 4.39 Å². The molecule has 0 saturated heterocycles. The maximum Gasteiger partial charge on any atom is 0.173 e. The number of rotatable bonds is 7. The molecule has 1 N–H and O–H groups in total. The molecule has 182 valence electrons. The van der Waals surface area contributed by atoms with Gasteiger partial charge < -0.3 is 9.84 Å². The fraction of sp³-hybridized carbons (Fsp3) is 0.667. The van der Waals surface area contributed by atoms with Gasteiger partial charge in [-0.05, 0) is 86.3 Å². The van der Waals surface area contributed by atoms with Crippen molar-refractivity contribution in [1.29, 1.82) is 0 Å². The van der Waals surface area contributed by atoms with Crippen LogP contribution in [0, 0.1) is 46.6 Å². The second-order valence-electron chi connectivity index (χ2n) is 10.6. The molecule has 0 radical (unpaired) electrons. The number of aliphatic hydroxyl groups excluding tert-OH is 1.